The van der Waals surface area contributed by atoms with E-state index in [1.165, 1.54) is 0 Å². The van der Waals surface area contributed by atoms with Gasteiger partial charge in [0.2, 0.25) is 0 Å². The molecule has 1 unspecified atom stereocenters. The number of carbonyl (C=O) groups excluding carboxylic acids is 1. The first-order valence-corrected chi connectivity index (χ1v) is 2.78. The Balaban J connectivity index is 2.83. The highest BCUT2D eigenvalue weighted by Crippen LogP contribution is 1.86. The summed E-state index contributed by atoms with van der Waals surface area (Å²) in [5.41, 5.74) is 0. The fraction of sp³-hybridized carbons (Fsp3) is 0.750. The van der Waals surface area contributed by atoms with Crippen LogP contribution in [0.5, 0.6) is 0 Å². The van der Waals surface area contributed by atoms with E-state index in [1.807, 2.05) is 0 Å². The predicted molar refractivity (Wildman–Crippen MR) is 29.9 cm³/mol. The van der Waals surface area contributed by atoms with Crippen molar-refractivity contribution >= 4 is 15.0 Å². The lowest BCUT2D eigenvalue weighted by atomic mass is 10.4. The Morgan fingerprint density at radius 3 is 2.33 bits per heavy atom. The molecule has 0 aliphatic heterocycles. The maximum Gasteiger partial charge on any atom is 0.130 e. The molecule has 0 rings (SSSR count). The van der Waals surface area contributed by atoms with Crippen LogP contribution in [0.15, 0.2) is 0 Å². The molecule has 36 valence electrons. The van der Waals surface area contributed by atoms with E-state index in [-0.39, 0.29) is 5.78 Å². The van der Waals surface area contributed by atoms with Crippen LogP contribution in [0.1, 0.15) is 13.3 Å². The minimum Gasteiger partial charge on any atom is -0.300 e. The van der Waals surface area contributed by atoms with E-state index in [1.54, 1.807) is 6.92 Å². The summed E-state index contributed by atoms with van der Waals surface area (Å²) >= 11 is 0. The van der Waals surface area contributed by atoms with Crippen LogP contribution < -0.4 is 0 Å². The van der Waals surface area contributed by atoms with Crippen LogP contribution in [0.2, 0.25) is 0 Å². The number of ketones is 1. The summed E-state index contributed by atoms with van der Waals surface area (Å²) in [7, 11) is 2.50. The van der Waals surface area contributed by atoms with Crippen LogP contribution in [0, 0.1) is 0 Å². The van der Waals surface area contributed by atoms with Crippen LogP contribution in [-0.4, -0.2) is 11.9 Å². The largest absolute Gasteiger partial charge is 0.300 e. The van der Waals surface area contributed by atoms with Gasteiger partial charge in [0, 0.05) is 6.42 Å². The van der Waals surface area contributed by atoms with E-state index < -0.39 is 0 Å². The summed E-state index contributed by atoms with van der Waals surface area (Å²) < 4.78 is 0. The van der Waals surface area contributed by atoms with Gasteiger partial charge in [-0.2, -0.15) is 0 Å². The Bertz CT molecular complexity index is 51.5. The van der Waals surface area contributed by atoms with Gasteiger partial charge < -0.3 is 4.79 Å². The fourth-order valence-corrected chi connectivity index (χ4v) is 0.610. The summed E-state index contributed by atoms with van der Waals surface area (Å²) in [5, 5.41) is 0. The van der Waals surface area contributed by atoms with Gasteiger partial charge >= 0.3 is 0 Å². The zero-order valence-electron chi connectivity index (χ0n) is 3.90. The van der Waals surface area contributed by atoms with Crippen LogP contribution in [0.4, 0.5) is 0 Å². The average molecular weight is 104 g/mol. The first-order valence-electron chi connectivity index (χ1n) is 1.97. The molecule has 1 atom stereocenters. The first kappa shape index (κ1) is 6.10. The first-order chi connectivity index (χ1) is 2.77. The van der Waals surface area contributed by atoms with Crippen molar-refractivity contribution in [3.05, 3.63) is 0 Å². The zero-order chi connectivity index (χ0) is 4.99. The molecule has 0 aromatic rings. The Kier molecular flexibility index (Phi) is 3.35. The predicted octanol–water partition coefficient (Wildman–Crippen LogP) is 0.841. The summed E-state index contributed by atoms with van der Waals surface area (Å²) in [4.78, 5) is 10.0. The number of hydrogen-bond donors (Lipinski definition) is 0. The Labute approximate surface area is 40.3 Å². The molecule has 0 aliphatic rings. The Morgan fingerprint density at radius 2 is 2.33 bits per heavy atom. The number of rotatable bonds is 2. The van der Waals surface area contributed by atoms with Crippen molar-refractivity contribution in [3.63, 3.8) is 0 Å². The van der Waals surface area contributed by atoms with Crippen molar-refractivity contribution in [2.24, 2.45) is 0 Å². The van der Waals surface area contributed by atoms with Gasteiger partial charge in [-0.25, -0.2) is 0 Å². The molecule has 0 saturated carbocycles. The molecule has 1 nitrogen and oxygen atoms in total. The van der Waals surface area contributed by atoms with Gasteiger partial charge in [0.1, 0.15) is 5.78 Å². The highest BCUT2D eigenvalue weighted by Gasteiger charge is 1.83. The van der Waals surface area contributed by atoms with E-state index in [0.29, 0.717) is 6.42 Å². The number of carbonyl (C=O) groups is 1. The van der Waals surface area contributed by atoms with Gasteiger partial charge in [0.05, 0.1) is 0 Å². The van der Waals surface area contributed by atoms with Gasteiger partial charge in [-0.1, -0.05) is 0 Å². The lowest BCUT2D eigenvalue weighted by Gasteiger charge is -1.80. The van der Waals surface area contributed by atoms with E-state index in [0.717, 1.165) is 6.16 Å². The third kappa shape index (κ3) is 4.10. The highest BCUT2D eigenvalue weighted by molar-refractivity contribution is 7.16. The van der Waals surface area contributed by atoms with Crippen molar-refractivity contribution in [2.75, 3.05) is 6.16 Å². The molecular weight excluding hydrogens is 95.0 g/mol. The molecule has 0 N–H and O–H groups in total. The highest BCUT2D eigenvalue weighted by atomic mass is 31.0. The quantitative estimate of drug-likeness (QED) is 0.474. The smallest absolute Gasteiger partial charge is 0.130 e. The second-order valence-corrected chi connectivity index (χ2v) is 1.82. The fourth-order valence-electron chi connectivity index (χ4n) is 0.203. The van der Waals surface area contributed by atoms with Crippen LogP contribution >= 0.6 is 9.24 Å². The third-order valence-electron chi connectivity index (χ3n) is 0.496. The minimum atomic E-state index is 0.269. The normalized spacial score (nSPS) is 8.33. The lowest BCUT2D eigenvalue weighted by Crippen LogP contribution is -1.87. The molecule has 2 heteroatoms. The molecule has 0 aromatic carbocycles. The summed E-state index contributed by atoms with van der Waals surface area (Å²) in [5.74, 6) is 0.269. The molecular formula is C4H9OP. The van der Waals surface area contributed by atoms with E-state index in [2.05, 4.69) is 9.24 Å². The molecule has 0 aliphatic carbocycles. The van der Waals surface area contributed by atoms with E-state index in [4.69, 9.17) is 0 Å². The maximum atomic E-state index is 10.0. The van der Waals surface area contributed by atoms with E-state index in [9.17, 15) is 4.79 Å². The molecule has 0 saturated heterocycles. The second-order valence-electron chi connectivity index (χ2n) is 1.24. The van der Waals surface area contributed by atoms with Crippen molar-refractivity contribution in [2.45, 2.75) is 13.3 Å². The standard InChI is InChI=1S/C4H9OP/c1-4(5)2-3-6/h2-3,6H2,1H3. The number of Topliss-reactive ketones (excluding diaryl/α,β-unsaturated/α-hetero) is 1. The van der Waals surface area contributed by atoms with Gasteiger partial charge in [-0.15, -0.1) is 9.24 Å². The molecule has 0 amide bonds. The van der Waals surface area contributed by atoms with Gasteiger partial charge in [-0.05, 0) is 13.1 Å². The summed E-state index contributed by atoms with van der Waals surface area (Å²) in [6, 6.07) is 0. The van der Waals surface area contributed by atoms with Gasteiger partial charge in [0.25, 0.3) is 0 Å². The zero-order valence-corrected chi connectivity index (χ0v) is 5.05. The summed E-state index contributed by atoms with van der Waals surface area (Å²) in [6.45, 7) is 1.60. The van der Waals surface area contributed by atoms with Crippen molar-refractivity contribution in [1.82, 2.24) is 0 Å². The molecule has 6 heavy (non-hydrogen) atoms. The Morgan fingerprint density at radius 1 is 1.83 bits per heavy atom. The van der Waals surface area contributed by atoms with Crippen LogP contribution in [0.3, 0.4) is 0 Å². The van der Waals surface area contributed by atoms with Gasteiger partial charge in [-0.3, -0.25) is 0 Å². The van der Waals surface area contributed by atoms with Crippen LogP contribution in [0.25, 0.3) is 0 Å². The topological polar surface area (TPSA) is 17.1 Å². The van der Waals surface area contributed by atoms with E-state index >= 15 is 0 Å². The molecule has 0 fully saturated rings. The molecule has 0 bridgehead atoms. The maximum absolute atomic E-state index is 10.0. The minimum absolute atomic E-state index is 0.269. The van der Waals surface area contributed by atoms with Gasteiger partial charge in [0.15, 0.2) is 0 Å². The van der Waals surface area contributed by atoms with Crippen molar-refractivity contribution in [1.29, 1.82) is 0 Å². The molecule has 0 aromatic heterocycles. The number of hydrogen-bond acceptors (Lipinski definition) is 1. The SMILES string of the molecule is CC(=O)CCP. The third-order valence-corrected chi connectivity index (χ3v) is 0.785. The van der Waals surface area contributed by atoms with Crippen molar-refractivity contribution < 1.29 is 4.79 Å². The average Bonchev–Trinajstić information content (AvgIpc) is 1.35. The second kappa shape index (κ2) is 3.30. The molecule has 0 radical (unpaired) electrons. The molecule has 0 heterocycles. The summed E-state index contributed by atoms with van der Waals surface area (Å²) in [6.07, 6.45) is 1.60. The van der Waals surface area contributed by atoms with Crippen molar-refractivity contribution in [3.8, 4) is 0 Å². The molecule has 0 spiro atoms. The lowest BCUT2D eigenvalue weighted by molar-refractivity contribution is -0.116. The van der Waals surface area contributed by atoms with Crippen LogP contribution in [-0.2, 0) is 4.79 Å². The monoisotopic (exact) mass is 104 g/mol. The Hall–Kier alpha value is 0.100.